The molecule has 1 fully saturated rings. The molecule has 0 saturated carbocycles. The summed E-state index contributed by atoms with van der Waals surface area (Å²) in [5.74, 6) is 1.53. The number of ether oxygens (including phenoxy) is 1. The molecule has 1 saturated heterocycles. The topological polar surface area (TPSA) is 84.0 Å². The van der Waals surface area contributed by atoms with E-state index in [0.717, 1.165) is 17.8 Å². The third kappa shape index (κ3) is 3.30. The molecule has 7 heteroatoms. The van der Waals surface area contributed by atoms with Gasteiger partial charge in [0.2, 0.25) is 5.91 Å². The van der Waals surface area contributed by atoms with Gasteiger partial charge in [0.05, 0.1) is 19.6 Å². The predicted molar refractivity (Wildman–Crippen MR) is 79.0 cm³/mol. The molecule has 3 rings (SSSR count). The molecule has 0 spiro atoms. The van der Waals surface area contributed by atoms with Gasteiger partial charge in [0.1, 0.15) is 11.9 Å². The molecule has 1 aliphatic heterocycles. The quantitative estimate of drug-likeness (QED) is 0.907. The monoisotopic (exact) mass is 301 g/mol. The Hall–Kier alpha value is -2.28. The minimum Gasteiger partial charge on any atom is -0.366 e. The van der Waals surface area contributed by atoms with Crippen molar-refractivity contribution < 1.29 is 9.53 Å². The Balaban J connectivity index is 1.63. The normalized spacial score (nSPS) is 18.4. The van der Waals surface area contributed by atoms with Crippen LogP contribution in [0.4, 0.5) is 0 Å². The summed E-state index contributed by atoms with van der Waals surface area (Å²) in [5.41, 5.74) is 0.918. The van der Waals surface area contributed by atoms with Crippen molar-refractivity contribution in [3.63, 3.8) is 0 Å². The summed E-state index contributed by atoms with van der Waals surface area (Å²) in [6.07, 6.45) is 4.31. The van der Waals surface area contributed by atoms with Gasteiger partial charge in [-0.1, -0.05) is 13.0 Å². The van der Waals surface area contributed by atoms with Crippen LogP contribution < -0.4 is 0 Å². The fourth-order valence-corrected chi connectivity index (χ4v) is 2.43. The van der Waals surface area contributed by atoms with Crippen molar-refractivity contribution in [1.82, 2.24) is 25.1 Å². The van der Waals surface area contributed by atoms with Gasteiger partial charge in [-0.05, 0) is 11.6 Å². The van der Waals surface area contributed by atoms with Gasteiger partial charge < -0.3 is 9.64 Å². The van der Waals surface area contributed by atoms with Crippen LogP contribution in [0.3, 0.4) is 0 Å². The number of aryl methyl sites for hydroxylation is 1. The van der Waals surface area contributed by atoms with Crippen LogP contribution in [0.1, 0.15) is 30.2 Å². The first-order valence-corrected chi connectivity index (χ1v) is 7.45. The number of rotatable bonds is 4. The molecule has 3 heterocycles. The van der Waals surface area contributed by atoms with Crippen molar-refractivity contribution in [3.05, 3.63) is 41.7 Å². The third-order valence-electron chi connectivity index (χ3n) is 3.67. The average Bonchev–Trinajstić information content (AvgIpc) is 3.05. The standard InChI is InChI=1S/C15H19N5O2/c1-2-13-17-15(19-18-13)12-10-20(6-7-22-12)14(21)8-11-4-3-5-16-9-11/h3-5,9,12H,2,6-8,10H2,1H3,(H,17,18,19)/t12-/m1/s1. The highest BCUT2D eigenvalue weighted by Crippen LogP contribution is 2.19. The van der Waals surface area contributed by atoms with E-state index in [2.05, 4.69) is 20.2 Å². The molecule has 2 aromatic rings. The minimum atomic E-state index is -0.261. The van der Waals surface area contributed by atoms with Crippen LogP contribution >= 0.6 is 0 Å². The van der Waals surface area contributed by atoms with E-state index in [1.54, 1.807) is 12.4 Å². The first-order chi connectivity index (χ1) is 10.8. The Bertz CT molecular complexity index is 628. The smallest absolute Gasteiger partial charge is 0.227 e. The summed E-state index contributed by atoms with van der Waals surface area (Å²) >= 11 is 0. The molecular formula is C15H19N5O2. The Morgan fingerprint density at radius 2 is 2.45 bits per heavy atom. The van der Waals surface area contributed by atoms with E-state index in [1.807, 2.05) is 24.0 Å². The fourth-order valence-electron chi connectivity index (χ4n) is 2.43. The van der Waals surface area contributed by atoms with Gasteiger partial charge in [0, 0.05) is 25.4 Å². The zero-order chi connectivity index (χ0) is 15.4. The predicted octanol–water partition coefficient (Wildman–Crippen LogP) is 0.905. The van der Waals surface area contributed by atoms with Gasteiger partial charge in [-0.25, -0.2) is 4.98 Å². The van der Waals surface area contributed by atoms with Crippen LogP contribution in [0.2, 0.25) is 0 Å². The van der Waals surface area contributed by atoms with Crippen LogP contribution in [0.15, 0.2) is 24.5 Å². The minimum absolute atomic E-state index is 0.0764. The summed E-state index contributed by atoms with van der Waals surface area (Å²) in [6.45, 7) is 3.59. The molecule has 2 aromatic heterocycles. The summed E-state index contributed by atoms with van der Waals surface area (Å²) in [4.78, 5) is 22.6. The molecule has 0 radical (unpaired) electrons. The highest BCUT2D eigenvalue weighted by atomic mass is 16.5. The van der Waals surface area contributed by atoms with Crippen molar-refractivity contribution in [1.29, 1.82) is 0 Å². The number of hydrogen-bond acceptors (Lipinski definition) is 5. The molecule has 22 heavy (non-hydrogen) atoms. The first-order valence-electron chi connectivity index (χ1n) is 7.45. The van der Waals surface area contributed by atoms with Crippen molar-refractivity contribution in [3.8, 4) is 0 Å². The molecule has 7 nitrogen and oxygen atoms in total. The number of morpholine rings is 1. The molecule has 116 valence electrons. The van der Waals surface area contributed by atoms with E-state index >= 15 is 0 Å². The largest absolute Gasteiger partial charge is 0.366 e. The molecule has 0 aliphatic carbocycles. The van der Waals surface area contributed by atoms with Crippen LogP contribution in [0.5, 0.6) is 0 Å². The lowest BCUT2D eigenvalue weighted by molar-refractivity contribution is -0.138. The number of H-pyrrole nitrogens is 1. The van der Waals surface area contributed by atoms with Gasteiger partial charge in [-0.2, -0.15) is 5.10 Å². The number of aromatic nitrogens is 4. The number of carbonyl (C=O) groups excluding carboxylic acids is 1. The maximum absolute atomic E-state index is 12.4. The molecule has 1 aliphatic rings. The van der Waals surface area contributed by atoms with Crippen LogP contribution in [0.25, 0.3) is 0 Å². The summed E-state index contributed by atoms with van der Waals surface area (Å²) < 4.78 is 5.70. The highest BCUT2D eigenvalue weighted by molar-refractivity contribution is 5.78. The summed E-state index contributed by atoms with van der Waals surface area (Å²) in [5, 5.41) is 7.06. The Labute approximate surface area is 128 Å². The van der Waals surface area contributed by atoms with E-state index in [4.69, 9.17) is 4.74 Å². The average molecular weight is 301 g/mol. The molecule has 1 N–H and O–H groups in total. The lowest BCUT2D eigenvalue weighted by atomic mass is 10.1. The number of hydrogen-bond donors (Lipinski definition) is 1. The zero-order valence-electron chi connectivity index (χ0n) is 12.5. The van der Waals surface area contributed by atoms with E-state index < -0.39 is 0 Å². The van der Waals surface area contributed by atoms with Crippen molar-refractivity contribution in [2.45, 2.75) is 25.9 Å². The molecular weight excluding hydrogens is 282 g/mol. The maximum Gasteiger partial charge on any atom is 0.227 e. The summed E-state index contributed by atoms with van der Waals surface area (Å²) in [7, 11) is 0. The number of nitrogens with zero attached hydrogens (tertiary/aromatic N) is 4. The van der Waals surface area contributed by atoms with Gasteiger partial charge in [-0.15, -0.1) is 0 Å². The number of nitrogens with one attached hydrogen (secondary N) is 1. The van der Waals surface area contributed by atoms with Crippen molar-refractivity contribution in [2.75, 3.05) is 19.7 Å². The molecule has 0 aromatic carbocycles. The van der Waals surface area contributed by atoms with Gasteiger partial charge in [0.25, 0.3) is 0 Å². The lowest BCUT2D eigenvalue weighted by Crippen LogP contribution is -2.43. The second-order valence-electron chi connectivity index (χ2n) is 5.23. The van der Waals surface area contributed by atoms with Gasteiger partial charge in [-0.3, -0.25) is 14.9 Å². The number of pyridine rings is 1. The second-order valence-corrected chi connectivity index (χ2v) is 5.23. The molecule has 1 atom stereocenters. The lowest BCUT2D eigenvalue weighted by Gasteiger charge is -2.31. The van der Waals surface area contributed by atoms with Crippen LogP contribution in [0, 0.1) is 0 Å². The van der Waals surface area contributed by atoms with Gasteiger partial charge >= 0.3 is 0 Å². The number of amides is 1. The van der Waals surface area contributed by atoms with E-state index in [-0.39, 0.29) is 12.0 Å². The maximum atomic E-state index is 12.4. The van der Waals surface area contributed by atoms with Crippen LogP contribution in [-0.2, 0) is 22.4 Å². The zero-order valence-corrected chi connectivity index (χ0v) is 12.5. The molecule has 0 unspecified atom stereocenters. The van der Waals surface area contributed by atoms with E-state index in [9.17, 15) is 4.79 Å². The van der Waals surface area contributed by atoms with E-state index in [0.29, 0.717) is 31.9 Å². The van der Waals surface area contributed by atoms with Crippen molar-refractivity contribution >= 4 is 5.91 Å². The Morgan fingerprint density at radius 1 is 1.55 bits per heavy atom. The Morgan fingerprint density at radius 3 is 3.18 bits per heavy atom. The second kappa shape index (κ2) is 6.65. The third-order valence-corrected chi connectivity index (χ3v) is 3.67. The SMILES string of the molecule is CCc1nc([C@H]2CN(C(=O)Cc3cccnc3)CCO2)n[nH]1. The molecule has 1 amide bonds. The Kier molecular flexibility index (Phi) is 4.43. The fraction of sp³-hybridized carbons (Fsp3) is 0.467. The number of aromatic amines is 1. The first kappa shape index (κ1) is 14.6. The molecule has 0 bridgehead atoms. The number of carbonyl (C=O) groups is 1. The highest BCUT2D eigenvalue weighted by Gasteiger charge is 2.28. The van der Waals surface area contributed by atoms with E-state index in [1.165, 1.54) is 0 Å². The van der Waals surface area contributed by atoms with Crippen LogP contribution in [-0.4, -0.2) is 50.7 Å². The van der Waals surface area contributed by atoms with Gasteiger partial charge in [0.15, 0.2) is 5.82 Å². The summed E-state index contributed by atoms with van der Waals surface area (Å²) in [6, 6.07) is 3.75. The van der Waals surface area contributed by atoms with Crippen molar-refractivity contribution in [2.24, 2.45) is 0 Å².